The normalized spacial score (nSPS) is 20.3. The number of para-hydroxylation sites is 2. The van der Waals surface area contributed by atoms with E-state index in [0.29, 0.717) is 31.3 Å². The molecule has 1 aromatic heterocycles. The van der Waals surface area contributed by atoms with Crippen molar-refractivity contribution in [3.63, 3.8) is 0 Å². The molecule has 1 amide bonds. The zero-order valence-electron chi connectivity index (χ0n) is 20.8. The Balaban J connectivity index is 1.56. The summed E-state index contributed by atoms with van der Waals surface area (Å²) in [6, 6.07) is 11.7. The molecule has 2 aliphatic rings. The molecule has 1 fully saturated rings. The summed E-state index contributed by atoms with van der Waals surface area (Å²) in [5.41, 5.74) is 0.983. The summed E-state index contributed by atoms with van der Waals surface area (Å²) in [4.78, 5) is 24.4. The maximum atomic E-state index is 13.3. The second-order valence-corrected chi connectivity index (χ2v) is 10.3. The minimum atomic E-state index is 0.0112. The number of carbonyl (C=O) groups is 1. The molecule has 7 nitrogen and oxygen atoms in total. The number of hydrogen-bond acceptors (Lipinski definition) is 6. The molecule has 0 spiro atoms. The van der Waals surface area contributed by atoms with Gasteiger partial charge >= 0.3 is 0 Å². The van der Waals surface area contributed by atoms with E-state index in [2.05, 4.69) is 35.7 Å². The van der Waals surface area contributed by atoms with Crippen LogP contribution >= 0.6 is 0 Å². The number of aromatic nitrogens is 1. The predicted octanol–water partition coefficient (Wildman–Crippen LogP) is 4.04. The average Bonchev–Trinajstić information content (AvgIpc) is 3.03. The molecule has 0 N–H and O–H groups in total. The summed E-state index contributed by atoms with van der Waals surface area (Å²) >= 11 is 0. The first-order valence-electron chi connectivity index (χ1n) is 12.4. The number of rotatable bonds is 2. The zero-order chi connectivity index (χ0) is 24.0. The lowest BCUT2D eigenvalue weighted by atomic mass is 9.88. The van der Waals surface area contributed by atoms with Crippen molar-refractivity contribution in [1.82, 2.24) is 19.7 Å². The molecule has 184 valence electrons. The Bertz CT molecular complexity index is 964. The molecular formula is C27H38N4O3. The fourth-order valence-corrected chi connectivity index (χ4v) is 4.56. The van der Waals surface area contributed by atoms with Gasteiger partial charge in [-0.1, -0.05) is 32.0 Å². The van der Waals surface area contributed by atoms with Gasteiger partial charge in [0.25, 0.3) is 0 Å². The molecule has 0 radical (unpaired) electrons. The van der Waals surface area contributed by atoms with Crippen molar-refractivity contribution >= 4 is 5.91 Å². The van der Waals surface area contributed by atoms with Crippen LogP contribution < -0.4 is 9.47 Å². The molecule has 3 heterocycles. The van der Waals surface area contributed by atoms with Gasteiger partial charge < -0.3 is 19.3 Å². The number of carbonyl (C=O) groups excluding carboxylic acids is 1. The van der Waals surface area contributed by atoms with Crippen molar-refractivity contribution in [1.29, 1.82) is 0 Å². The van der Waals surface area contributed by atoms with Crippen LogP contribution in [0.25, 0.3) is 0 Å². The monoisotopic (exact) mass is 466 g/mol. The highest BCUT2D eigenvalue weighted by molar-refractivity contribution is 5.78. The predicted molar refractivity (Wildman–Crippen MR) is 133 cm³/mol. The van der Waals surface area contributed by atoms with E-state index in [1.807, 2.05) is 41.3 Å². The largest absolute Gasteiger partial charge is 0.489 e. The van der Waals surface area contributed by atoms with Crippen LogP contribution in [-0.2, 0) is 11.3 Å². The molecule has 7 heteroatoms. The molecule has 34 heavy (non-hydrogen) atoms. The van der Waals surface area contributed by atoms with E-state index in [9.17, 15) is 4.79 Å². The number of ether oxygens (including phenoxy) is 2. The van der Waals surface area contributed by atoms with Gasteiger partial charge in [0.1, 0.15) is 0 Å². The van der Waals surface area contributed by atoms with Crippen LogP contribution in [0.3, 0.4) is 0 Å². The van der Waals surface area contributed by atoms with Crippen LogP contribution in [0.15, 0.2) is 42.6 Å². The van der Waals surface area contributed by atoms with Gasteiger partial charge in [0, 0.05) is 37.9 Å². The number of hydrogen-bond donors (Lipinski definition) is 0. The maximum absolute atomic E-state index is 13.3. The highest BCUT2D eigenvalue weighted by Crippen LogP contribution is 2.34. The van der Waals surface area contributed by atoms with Gasteiger partial charge in [-0.2, -0.15) is 0 Å². The van der Waals surface area contributed by atoms with E-state index in [0.717, 1.165) is 63.3 Å². The highest BCUT2D eigenvalue weighted by Gasteiger charge is 2.24. The molecule has 0 bridgehead atoms. The van der Waals surface area contributed by atoms with Gasteiger partial charge in [0.15, 0.2) is 11.5 Å². The van der Waals surface area contributed by atoms with E-state index >= 15 is 0 Å². The summed E-state index contributed by atoms with van der Waals surface area (Å²) < 4.78 is 12.4. The first kappa shape index (κ1) is 24.5. The van der Waals surface area contributed by atoms with Crippen LogP contribution in [0.5, 0.6) is 17.4 Å². The first-order valence-corrected chi connectivity index (χ1v) is 12.4. The quantitative estimate of drug-likeness (QED) is 0.666. The molecule has 0 saturated carbocycles. The molecule has 1 saturated heterocycles. The number of likely N-dealkylation sites (N-methyl/N-ethyl adjacent to an activating group) is 1. The lowest BCUT2D eigenvalue weighted by Crippen LogP contribution is -2.42. The summed E-state index contributed by atoms with van der Waals surface area (Å²) in [6.07, 6.45) is 4.77. The average molecular weight is 467 g/mol. The summed E-state index contributed by atoms with van der Waals surface area (Å²) in [6.45, 7) is 10.5. The first-order chi connectivity index (χ1) is 16.4. The van der Waals surface area contributed by atoms with Gasteiger partial charge in [-0.15, -0.1) is 0 Å². The molecule has 2 aromatic rings. The van der Waals surface area contributed by atoms with E-state index in [4.69, 9.17) is 9.47 Å². The van der Waals surface area contributed by atoms with Gasteiger partial charge in [-0.25, -0.2) is 4.98 Å². The highest BCUT2D eigenvalue weighted by atomic mass is 16.5. The van der Waals surface area contributed by atoms with Crippen molar-refractivity contribution in [2.45, 2.75) is 39.7 Å². The maximum Gasteiger partial charge on any atom is 0.236 e. The van der Waals surface area contributed by atoms with Crippen LogP contribution in [0.1, 0.15) is 38.7 Å². The van der Waals surface area contributed by atoms with Crippen molar-refractivity contribution in [2.24, 2.45) is 5.41 Å². The van der Waals surface area contributed by atoms with Gasteiger partial charge in [-0.05, 0) is 63.0 Å². The fraction of sp³-hybridized carbons (Fsp3) is 0.556. The van der Waals surface area contributed by atoms with Crippen molar-refractivity contribution < 1.29 is 14.3 Å². The number of benzene rings is 1. The van der Waals surface area contributed by atoms with Crippen LogP contribution in [-0.4, -0.2) is 78.5 Å². The Morgan fingerprint density at radius 2 is 1.82 bits per heavy atom. The standard InChI is InChI=1S/C27H38N4O3/c1-27(2)12-7-15-30(20-25(32)31-16-8-14-29(3)17-18-31)19-22-9-6-13-28-26(22)34-24-11-5-4-10-23(24)33-21-27/h4-6,9-11,13H,7-8,12,14-21H2,1-3H3. The number of nitrogens with zero attached hydrogens (tertiary/aromatic N) is 4. The van der Waals surface area contributed by atoms with E-state index in [1.54, 1.807) is 6.20 Å². The molecule has 1 aromatic carbocycles. The van der Waals surface area contributed by atoms with E-state index in [-0.39, 0.29) is 11.3 Å². The third-order valence-corrected chi connectivity index (χ3v) is 6.68. The molecule has 0 aliphatic carbocycles. The van der Waals surface area contributed by atoms with Gasteiger partial charge in [-0.3, -0.25) is 9.69 Å². The molecule has 0 unspecified atom stereocenters. The van der Waals surface area contributed by atoms with Gasteiger partial charge in [0.2, 0.25) is 11.8 Å². The minimum absolute atomic E-state index is 0.0112. The van der Waals surface area contributed by atoms with Crippen molar-refractivity contribution in [3.8, 4) is 17.4 Å². The molecule has 2 aliphatic heterocycles. The van der Waals surface area contributed by atoms with E-state index in [1.165, 1.54) is 0 Å². The van der Waals surface area contributed by atoms with Crippen LogP contribution in [0.2, 0.25) is 0 Å². The summed E-state index contributed by atoms with van der Waals surface area (Å²) in [5, 5.41) is 0. The third kappa shape index (κ3) is 6.70. The SMILES string of the molecule is CN1CCCN(C(=O)CN2CCCC(C)(C)COc3ccccc3Oc3ncccc3C2)CC1. The summed E-state index contributed by atoms with van der Waals surface area (Å²) in [5.74, 6) is 2.16. The minimum Gasteiger partial charge on any atom is -0.489 e. The molecule has 0 atom stereocenters. The molecular weight excluding hydrogens is 428 g/mol. The lowest BCUT2D eigenvalue weighted by molar-refractivity contribution is -0.132. The Labute approximate surface area is 203 Å². The van der Waals surface area contributed by atoms with E-state index < -0.39 is 0 Å². The second-order valence-electron chi connectivity index (χ2n) is 10.3. The number of pyridine rings is 1. The van der Waals surface area contributed by atoms with Crippen LogP contribution in [0, 0.1) is 5.41 Å². The fourth-order valence-electron chi connectivity index (χ4n) is 4.56. The molecule has 4 rings (SSSR count). The number of fused-ring (bicyclic) bond motifs is 2. The Hall–Kier alpha value is -2.64. The Morgan fingerprint density at radius 3 is 2.68 bits per heavy atom. The lowest BCUT2D eigenvalue weighted by Gasteiger charge is -2.29. The van der Waals surface area contributed by atoms with Crippen molar-refractivity contribution in [3.05, 3.63) is 48.2 Å². The zero-order valence-corrected chi connectivity index (χ0v) is 20.8. The smallest absolute Gasteiger partial charge is 0.236 e. The van der Waals surface area contributed by atoms with Gasteiger partial charge in [0.05, 0.1) is 13.2 Å². The Kier molecular flexibility index (Phi) is 8.06. The summed E-state index contributed by atoms with van der Waals surface area (Å²) in [7, 11) is 2.13. The van der Waals surface area contributed by atoms with Crippen molar-refractivity contribution in [2.75, 3.05) is 52.9 Å². The topological polar surface area (TPSA) is 58.1 Å². The third-order valence-electron chi connectivity index (χ3n) is 6.68. The Morgan fingerprint density at radius 1 is 1.00 bits per heavy atom. The van der Waals surface area contributed by atoms with Crippen LogP contribution in [0.4, 0.5) is 0 Å². The second kappa shape index (κ2) is 11.2. The number of amides is 1.